The van der Waals surface area contributed by atoms with E-state index in [4.69, 9.17) is 4.74 Å². The lowest BCUT2D eigenvalue weighted by Gasteiger charge is -2.35. The summed E-state index contributed by atoms with van der Waals surface area (Å²) in [6.45, 7) is 4.36. The van der Waals surface area contributed by atoms with Crippen LogP contribution in [-0.2, 0) is 14.8 Å². The molecule has 0 bridgehead atoms. The van der Waals surface area contributed by atoms with Crippen molar-refractivity contribution in [2.45, 2.75) is 30.2 Å². The molecule has 1 N–H and O–H groups in total. The van der Waals surface area contributed by atoms with Crippen LogP contribution < -0.4 is 4.72 Å². The van der Waals surface area contributed by atoms with Crippen molar-refractivity contribution in [2.24, 2.45) is 5.92 Å². The van der Waals surface area contributed by atoms with Crippen LogP contribution in [0.3, 0.4) is 0 Å². The average Bonchev–Trinajstić information content (AvgIpc) is 3.09. The minimum absolute atomic E-state index is 0.343. The molecule has 1 atom stereocenters. The van der Waals surface area contributed by atoms with Gasteiger partial charge in [-0.2, -0.15) is 0 Å². The number of sulfonamides is 1. The number of nitrogens with zero attached hydrogens (tertiary/aromatic N) is 1. The molecule has 22 heavy (non-hydrogen) atoms. The van der Waals surface area contributed by atoms with Crippen LogP contribution in [0.15, 0.2) is 35.2 Å². The van der Waals surface area contributed by atoms with Gasteiger partial charge < -0.3 is 4.74 Å². The van der Waals surface area contributed by atoms with Crippen LogP contribution in [0.25, 0.3) is 0 Å². The van der Waals surface area contributed by atoms with Crippen molar-refractivity contribution in [1.82, 2.24) is 9.62 Å². The third-order valence-corrected chi connectivity index (χ3v) is 6.13. The Kier molecular flexibility index (Phi) is 5.13. The monoisotopic (exact) mass is 324 g/mol. The third-order valence-electron chi connectivity index (χ3n) is 4.69. The molecule has 2 aliphatic heterocycles. The van der Waals surface area contributed by atoms with Crippen molar-refractivity contribution in [3.63, 3.8) is 0 Å². The lowest BCUT2D eigenvalue weighted by Crippen LogP contribution is -2.43. The molecule has 122 valence electrons. The minimum atomic E-state index is -3.37. The summed E-state index contributed by atoms with van der Waals surface area (Å²) in [6.07, 6.45) is 3.23. The second kappa shape index (κ2) is 7.08. The third kappa shape index (κ3) is 3.87. The Bertz CT molecular complexity index is 562. The number of hydrogen-bond acceptors (Lipinski definition) is 4. The first-order chi connectivity index (χ1) is 10.6. The van der Waals surface area contributed by atoms with Crippen molar-refractivity contribution < 1.29 is 13.2 Å². The quantitative estimate of drug-likeness (QED) is 0.891. The highest BCUT2D eigenvalue weighted by Crippen LogP contribution is 2.22. The lowest BCUT2D eigenvalue weighted by atomic mass is 9.96. The van der Waals surface area contributed by atoms with Crippen molar-refractivity contribution >= 4 is 10.0 Å². The fraction of sp³-hybridized carbons (Fsp3) is 0.625. The Morgan fingerprint density at radius 3 is 2.50 bits per heavy atom. The van der Waals surface area contributed by atoms with Gasteiger partial charge in [0.2, 0.25) is 10.0 Å². The van der Waals surface area contributed by atoms with Gasteiger partial charge in [-0.25, -0.2) is 13.1 Å². The number of nitrogens with one attached hydrogen (secondary N) is 1. The van der Waals surface area contributed by atoms with Gasteiger partial charge in [-0.1, -0.05) is 18.2 Å². The molecule has 0 saturated carbocycles. The zero-order valence-electron chi connectivity index (χ0n) is 12.8. The standard InChI is InChI=1S/C16H24N2O3S/c19-22(20,16-4-2-1-3-5-16)17-12-14-6-9-18(10-7-14)15-8-11-21-13-15/h1-5,14-15,17H,6-13H2/t15-/m0/s1. The molecule has 2 saturated heterocycles. The van der Waals surface area contributed by atoms with Crippen molar-refractivity contribution in [1.29, 1.82) is 0 Å². The van der Waals surface area contributed by atoms with Gasteiger partial charge in [-0.15, -0.1) is 0 Å². The summed E-state index contributed by atoms with van der Waals surface area (Å²) in [5, 5.41) is 0. The Hall–Kier alpha value is -0.950. The van der Waals surface area contributed by atoms with E-state index in [9.17, 15) is 8.42 Å². The number of benzene rings is 1. The Morgan fingerprint density at radius 2 is 1.86 bits per heavy atom. The fourth-order valence-corrected chi connectivity index (χ4v) is 4.38. The first-order valence-corrected chi connectivity index (χ1v) is 9.50. The van der Waals surface area contributed by atoms with E-state index in [1.54, 1.807) is 24.3 Å². The lowest BCUT2D eigenvalue weighted by molar-refractivity contribution is 0.111. The van der Waals surface area contributed by atoms with Crippen molar-refractivity contribution in [3.05, 3.63) is 30.3 Å². The van der Waals surface area contributed by atoms with Gasteiger partial charge in [-0.05, 0) is 50.4 Å². The molecule has 2 heterocycles. The average molecular weight is 324 g/mol. The van der Waals surface area contributed by atoms with E-state index in [1.165, 1.54) is 0 Å². The highest BCUT2D eigenvalue weighted by Gasteiger charge is 2.28. The Morgan fingerprint density at radius 1 is 1.14 bits per heavy atom. The predicted molar refractivity (Wildman–Crippen MR) is 85.2 cm³/mol. The van der Waals surface area contributed by atoms with Crippen LogP contribution in [0, 0.1) is 5.92 Å². The van der Waals surface area contributed by atoms with Crippen LogP contribution in [0.1, 0.15) is 19.3 Å². The zero-order valence-corrected chi connectivity index (χ0v) is 13.6. The van der Waals surface area contributed by atoms with E-state index in [-0.39, 0.29) is 0 Å². The zero-order chi connectivity index (χ0) is 15.4. The molecule has 1 aromatic rings. The van der Waals surface area contributed by atoms with Crippen LogP contribution in [0.5, 0.6) is 0 Å². The van der Waals surface area contributed by atoms with Gasteiger partial charge in [0.25, 0.3) is 0 Å². The molecule has 0 aliphatic carbocycles. The number of piperidine rings is 1. The maximum atomic E-state index is 12.2. The molecular weight excluding hydrogens is 300 g/mol. The van der Waals surface area contributed by atoms with Crippen molar-refractivity contribution in [3.8, 4) is 0 Å². The molecule has 2 fully saturated rings. The smallest absolute Gasteiger partial charge is 0.240 e. The number of ether oxygens (including phenoxy) is 1. The molecular formula is C16H24N2O3S. The molecule has 1 aromatic carbocycles. The second-order valence-electron chi connectivity index (χ2n) is 6.16. The van der Waals surface area contributed by atoms with Crippen LogP contribution in [0.4, 0.5) is 0 Å². The first kappa shape index (κ1) is 15.9. The van der Waals surface area contributed by atoms with E-state index in [1.807, 2.05) is 6.07 Å². The molecule has 5 nitrogen and oxygen atoms in total. The summed E-state index contributed by atoms with van der Waals surface area (Å²) >= 11 is 0. The van der Waals surface area contributed by atoms with E-state index in [2.05, 4.69) is 9.62 Å². The molecule has 6 heteroatoms. The van der Waals surface area contributed by atoms with Gasteiger partial charge in [0.1, 0.15) is 0 Å². The minimum Gasteiger partial charge on any atom is -0.380 e. The predicted octanol–water partition coefficient (Wildman–Crippen LogP) is 1.47. The summed E-state index contributed by atoms with van der Waals surface area (Å²) in [7, 11) is -3.37. The number of rotatable bonds is 5. The van der Waals surface area contributed by atoms with Gasteiger partial charge >= 0.3 is 0 Å². The van der Waals surface area contributed by atoms with Crippen molar-refractivity contribution in [2.75, 3.05) is 32.8 Å². The largest absolute Gasteiger partial charge is 0.380 e. The maximum absolute atomic E-state index is 12.2. The molecule has 0 unspecified atom stereocenters. The van der Waals surface area contributed by atoms with E-state index in [0.29, 0.717) is 23.4 Å². The molecule has 0 amide bonds. The normalized spacial score (nSPS) is 24.6. The highest BCUT2D eigenvalue weighted by atomic mass is 32.2. The molecule has 2 aliphatic rings. The van der Waals surface area contributed by atoms with Gasteiger partial charge in [0, 0.05) is 19.2 Å². The fourth-order valence-electron chi connectivity index (χ4n) is 3.24. The molecule has 0 radical (unpaired) electrons. The van der Waals surface area contributed by atoms with E-state index in [0.717, 1.165) is 45.6 Å². The summed E-state index contributed by atoms with van der Waals surface area (Å²) in [4.78, 5) is 2.84. The van der Waals surface area contributed by atoms with E-state index < -0.39 is 10.0 Å². The summed E-state index contributed by atoms with van der Waals surface area (Å²) in [5.74, 6) is 0.428. The second-order valence-corrected chi connectivity index (χ2v) is 7.93. The van der Waals surface area contributed by atoms with Gasteiger partial charge in [0.15, 0.2) is 0 Å². The molecule has 0 aromatic heterocycles. The number of hydrogen-bond donors (Lipinski definition) is 1. The van der Waals surface area contributed by atoms with Gasteiger partial charge in [-0.3, -0.25) is 4.90 Å². The number of likely N-dealkylation sites (tertiary alicyclic amines) is 1. The van der Waals surface area contributed by atoms with Gasteiger partial charge in [0.05, 0.1) is 11.5 Å². The Balaban J connectivity index is 1.47. The summed E-state index contributed by atoms with van der Waals surface area (Å²) < 4.78 is 32.6. The molecule has 0 spiro atoms. The molecule has 3 rings (SSSR count). The highest BCUT2D eigenvalue weighted by molar-refractivity contribution is 7.89. The summed E-state index contributed by atoms with van der Waals surface area (Å²) in [6, 6.07) is 9.15. The van der Waals surface area contributed by atoms with E-state index >= 15 is 0 Å². The summed E-state index contributed by atoms with van der Waals surface area (Å²) in [5.41, 5.74) is 0. The first-order valence-electron chi connectivity index (χ1n) is 8.02. The maximum Gasteiger partial charge on any atom is 0.240 e. The van der Waals surface area contributed by atoms with Crippen LogP contribution in [0.2, 0.25) is 0 Å². The Labute approximate surface area is 132 Å². The van der Waals surface area contributed by atoms with Crippen LogP contribution in [-0.4, -0.2) is 52.2 Å². The SMILES string of the molecule is O=S(=O)(NCC1CCN([C@H]2CCOC2)CC1)c1ccccc1. The topological polar surface area (TPSA) is 58.6 Å². The van der Waals surface area contributed by atoms with Crippen LogP contribution >= 0.6 is 0 Å².